The molecule has 1 heterocycles. The molecule has 6 heteroatoms. The molecule has 1 aromatic rings. The van der Waals surface area contributed by atoms with Gasteiger partial charge in [-0.05, 0) is 23.2 Å². The Labute approximate surface area is 79.2 Å². The van der Waals surface area contributed by atoms with Crippen LogP contribution in [0, 0.1) is 11.3 Å². The van der Waals surface area contributed by atoms with Gasteiger partial charge in [-0.2, -0.15) is 10.2 Å². The summed E-state index contributed by atoms with van der Waals surface area (Å²) in [5.74, 6) is 0.446. The number of halogens is 2. The molecule has 0 fully saturated rings. The molecule has 0 aliphatic heterocycles. The van der Waals surface area contributed by atoms with Crippen LogP contribution in [0.15, 0.2) is 0 Å². The van der Waals surface area contributed by atoms with Gasteiger partial charge in [-0.25, -0.2) is 9.97 Å². The molecule has 0 unspecified atom stereocenters. The van der Waals surface area contributed by atoms with Crippen molar-refractivity contribution in [2.45, 2.75) is 12.8 Å². The molecule has 0 bridgehead atoms. The van der Waals surface area contributed by atoms with Crippen LogP contribution >= 0.6 is 23.2 Å². The summed E-state index contributed by atoms with van der Waals surface area (Å²) >= 11 is 11.0. The second kappa shape index (κ2) is 4.19. The highest BCUT2D eigenvalue weighted by Crippen LogP contribution is 2.07. The van der Waals surface area contributed by atoms with Gasteiger partial charge in [-0.15, -0.1) is 0 Å². The topological polar surface area (TPSA) is 62.5 Å². The molecule has 0 aliphatic rings. The van der Waals surface area contributed by atoms with E-state index < -0.39 is 0 Å². The van der Waals surface area contributed by atoms with Crippen molar-refractivity contribution in [3.05, 3.63) is 16.4 Å². The number of nitriles is 1. The number of aromatic nitrogens is 3. The molecular weight excluding hydrogens is 199 g/mol. The highest BCUT2D eigenvalue weighted by Gasteiger charge is 2.01. The summed E-state index contributed by atoms with van der Waals surface area (Å²) in [6, 6.07) is 1.97. The Hall–Kier alpha value is -0.920. The van der Waals surface area contributed by atoms with Crippen LogP contribution in [-0.2, 0) is 6.42 Å². The zero-order valence-corrected chi connectivity index (χ0v) is 7.47. The van der Waals surface area contributed by atoms with Gasteiger partial charge in [0.15, 0.2) is 0 Å². The third kappa shape index (κ3) is 2.61. The van der Waals surface area contributed by atoms with Crippen molar-refractivity contribution in [1.82, 2.24) is 15.0 Å². The van der Waals surface area contributed by atoms with Crippen molar-refractivity contribution in [1.29, 1.82) is 5.26 Å². The average Bonchev–Trinajstić information content (AvgIpc) is 1.99. The first kappa shape index (κ1) is 9.17. The molecule has 0 saturated heterocycles. The normalized spacial score (nSPS) is 9.42. The summed E-state index contributed by atoms with van der Waals surface area (Å²) in [4.78, 5) is 11.1. The number of nitrogens with zero attached hydrogens (tertiary/aromatic N) is 4. The second-order valence-corrected chi connectivity index (χ2v) is 2.62. The van der Waals surface area contributed by atoms with E-state index in [1.807, 2.05) is 6.07 Å². The van der Waals surface area contributed by atoms with Crippen LogP contribution in [0.1, 0.15) is 12.2 Å². The Balaban J connectivity index is 2.80. The maximum absolute atomic E-state index is 8.28. The molecular formula is C6H4Cl2N4. The maximum atomic E-state index is 8.28. The predicted molar refractivity (Wildman–Crippen MR) is 43.8 cm³/mol. The molecule has 4 nitrogen and oxygen atoms in total. The second-order valence-electron chi connectivity index (χ2n) is 1.95. The molecule has 1 rings (SSSR count). The van der Waals surface area contributed by atoms with Crippen molar-refractivity contribution >= 4 is 23.2 Å². The number of hydrogen-bond acceptors (Lipinski definition) is 4. The Kier molecular flexibility index (Phi) is 3.20. The molecule has 0 atom stereocenters. The van der Waals surface area contributed by atoms with Gasteiger partial charge in [-0.3, -0.25) is 0 Å². The zero-order chi connectivity index (χ0) is 8.97. The van der Waals surface area contributed by atoms with Crippen LogP contribution in [0.3, 0.4) is 0 Å². The quantitative estimate of drug-likeness (QED) is 0.732. The number of rotatable bonds is 2. The van der Waals surface area contributed by atoms with Gasteiger partial charge in [-0.1, -0.05) is 0 Å². The van der Waals surface area contributed by atoms with E-state index in [2.05, 4.69) is 15.0 Å². The molecule has 0 aromatic carbocycles. The predicted octanol–water partition coefficient (Wildman–Crippen LogP) is 1.63. The van der Waals surface area contributed by atoms with E-state index in [1.165, 1.54) is 0 Å². The van der Waals surface area contributed by atoms with Crippen LogP contribution < -0.4 is 0 Å². The molecule has 0 radical (unpaired) electrons. The Morgan fingerprint density at radius 1 is 1.17 bits per heavy atom. The van der Waals surface area contributed by atoms with Gasteiger partial charge < -0.3 is 0 Å². The minimum absolute atomic E-state index is 0.0583. The van der Waals surface area contributed by atoms with Crippen LogP contribution in [0.5, 0.6) is 0 Å². The molecule has 1 aromatic heterocycles. The van der Waals surface area contributed by atoms with Crippen LogP contribution in [0.25, 0.3) is 0 Å². The summed E-state index contributed by atoms with van der Waals surface area (Å²) in [5, 5.41) is 8.40. The average molecular weight is 203 g/mol. The van der Waals surface area contributed by atoms with Gasteiger partial charge >= 0.3 is 0 Å². The van der Waals surface area contributed by atoms with E-state index >= 15 is 0 Å². The van der Waals surface area contributed by atoms with Crippen LogP contribution in [0.4, 0.5) is 0 Å². The lowest BCUT2D eigenvalue weighted by Crippen LogP contribution is -1.97. The van der Waals surface area contributed by atoms with Crippen molar-refractivity contribution in [2.75, 3.05) is 0 Å². The lowest BCUT2D eigenvalue weighted by Gasteiger charge is -1.95. The van der Waals surface area contributed by atoms with Crippen LogP contribution in [-0.4, -0.2) is 15.0 Å². The molecule has 0 spiro atoms. The van der Waals surface area contributed by atoms with E-state index in [1.54, 1.807) is 0 Å². The van der Waals surface area contributed by atoms with Gasteiger partial charge in [0, 0.05) is 12.8 Å². The number of hydrogen-bond donors (Lipinski definition) is 0. The molecule has 0 amide bonds. The summed E-state index contributed by atoms with van der Waals surface area (Å²) < 4.78 is 0. The van der Waals surface area contributed by atoms with Crippen LogP contribution in [0.2, 0.25) is 10.6 Å². The van der Waals surface area contributed by atoms with Crippen molar-refractivity contribution in [2.24, 2.45) is 0 Å². The summed E-state index contributed by atoms with van der Waals surface area (Å²) in [6.07, 6.45) is 0.787. The fourth-order valence-corrected chi connectivity index (χ4v) is 1.04. The molecule has 62 valence electrons. The Morgan fingerprint density at radius 2 is 1.75 bits per heavy atom. The fourth-order valence-electron chi connectivity index (χ4n) is 0.644. The maximum Gasteiger partial charge on any atom is 0.226 e. The molecule has 0 N–H and O–H groups in total. The van der Waals surface area contributed by atoms with E-state index in [0.717, 1.165) is 0 Å². The van der Waals surface area contributed by atoms with E-state index in [-0.39, 0.29) is 10.6 Å². The minimum atomic E-state index is 0.0583. The van der Waals surface area contributed by atoms with Gasteiger partial charge in [0.2, 0.25) is 10.6 Å². The van der Waals surface area contributed by atoms with E-state index in [9.17, 15) is 0 Å². The lowest BCUT2D eigenvalue weighted by molar-refractivity contribution is 0.857. The first-order chi connectivity index (χ1) is 5.72. The highest BCUT2D eigenvalue weighted by atomic mass is 35.5. The Bertz CT molecular complexity index is 300. The number of aryl methyl sites for hydroxylation is 1. The monoisotopic (exact) mass is 202 g/mol. The van der Waals surface area contributed by atoms with Crippen molar-refractivity contribution in [3.8, 4) is 6.07 Å². The zero-order valence-electron chi connectivity index (χ0n) is 5.96. The fraction of sp³-hybridized carbons (Fsp3) is 0.333. The molecule has 0 aliphatic carbocycles. The van der Waals surface area contributed by atoms with Gasteiger partial charge in [0.1, 0.15) is 5.82 Å². The smallest absolute Gasteiger partial charge is 0.203 e. The van der Waals surface area contributed by atoms with Crippen molar-refractivity contribution in [3.63, 3.8) is 0 Å². The van der Waals surface area contributed by atoms with E-state index in [0.29, 0.717) is 18.7 Å². The standard InChI is InChI=1S/C6H4Cl2N4/c7-5-10-4(2-1-3-9)11-6(8)12-5/h1-2H2. The van der Waals surface area contributed by atoms with Crippen molar-refractivity contribution < 1.29 is 0 Å². The third-order valence-corrected chi connectivity index (χ3v) is 1.43. The SMILES string of the molecule is N#CCCc1nc(Cl)nc(Cl)n1. The van der Waals surface area contributed by atoms with E-state index in [4.69, 9.17) is 28.5 Å². The summed E-state index contributed by atoms with van der Waals surface area (Å²) in [5.41, 5.74) is 0. The Morgan fingerprint density at radius 3 is 2.25 bits per heavy atom. The molecule has 12 heavy (non-hydrogen) atoms. The highest BCUT2D eigenvalue weighted by molar-refractivity contribution is 6.30. The largest absolute Gasteiger partial charge is 0.226 e. The first-order valence-corrected chi connectivity index (χ1v) is 3.91. The van der Waals surface area contributed by atoms with Gasteiger partial charge in [0.05, 0.1) is 6.07 Å². The van der Waals surface area contributed by atoms with Gasteiger partial charge in [0.25, 0.3) is 0 Å². The summed E-state index contributed by atoms with van der Waals surface area (Å²) in [7, 11) is 0. The summed E-state index contributed by atoms with van der Waals surface area (Å²) in [6.45, 7) is 0. The lowest BCUT2D eigenvalue weighted by atomic mass is 10.3. The minimum Gasteiger partial charge on any atom is -0.203 e. The molecule has 0 saturated carbocycles. The third-order valence-electron chi connectivity index (χ3n) is 1.09. The first-order valence-electron chi connectivity index (χ1n) is 3.15.